The number of carboxylic acids is 1. The molecule has 0 bridgehead atoms. The SMILES string of the molecule is CCCCCCCC/C=C\CCCCCCCC(=O)N[C@H](CCCCN)C(=O)O.[Na]. The van der Waals surface area contributed by atoms with Crippen LogP contribution in [0.2, 0.25) is 0 Å². The Morgan fingerprint density at radius 2 is 1.37 bits per heavy atom. The Morgan fingerprint density at radius 1 is 0.833 bits per heavy atom. The first-order chi connectivity index (χ1) is 14.1. The number of rotatable bonds is 21. The summed E-state index contributed by atoms with van der Waals surface area (Å²) in [6.07, 6.45) is 22.9. The molecule has 30 heavy (non-hydrogen) atoms. The van der Waals surface area contributed by atoms with Crippen LogP contribution in [0.3, 0.4) is 0 Å². The van der Waals surface area contributed by atoms with Gasteiger partial charge in [-0.2, -0.15) is 0 Å². The number of carbonyl (C=O) groups excluding carboxylic acids is 1. The van der Waals surface area contributed by atoms with Crippen molar-refractivity contribution in [2.75, 3.05) is 6.54 Å². The van der Waals surface area contributed by atoms with E-state index >= 15 is 0 Å². The van der Waals surface area contributed by atoms with Gasteiger partial charge >= 0.3 is 5.97 Å². The van der Waals surface area contributed by atoms with Gasteiger partial charge in [-0.25, -0.2) is 4.79 Å². The van der Waals surface area contributed by atoms with Gasteiger partial charge in [-0.3, -0.25) is 4.79 Å². The van der Waals surface area contributed by atoms with Crippen LogP contribution in [0.25, 0.3) is 0 Å². The molecule has 0 aromatic heterocycles. The van der Waals surface area contributed by atoms with Crippen LogP contribution in [0.4, 0.5) is 0 Å². The van der Waals surface area contributed by atoms with Crippen LogP contribution < -0.4 is 11.1 Å². The van der Waals surface area contributed by atoms with Crippen LogP contribution in [-0.2, 0) is 9.59 Å². The molecular formula is C24H46N2NaO3. The van der Waals surface area contributed by atoms with Crippen molar-refractivity contribution in [3.63, 3.8) is 0 Å². The molecule has 6 heteroatoms. The zero-order valence-corrected chi connectivity index (χ0v) is 21.8. The third-order valence-electron chi connectivity index (χ3n) is 5.25. The molecule has 4 N–H and O–H groups in total. The second kappa shape index (κ2) is 24.9. The summed E-state index contributed by atoms with van der Waals surface area (Å²) in [5.74, 6) is -1.11. The first kappa shape index (κ1) is 31.8. The summed E-state index contributed by atoms with van der Waals surface area (Å²) in [5, 5.41) is 11.8. The molecule has 5 nitrogen and oxygen atoms in total. The van der Waals surface area contributed by atoms with Gasteiger partial charge in [0.05, 0.1) is 0 Å². The number of nitrogens with two attached hydrogens (primary N) is 1. The first-order valence-electron chi connectivity index (χ1n) is 12.0. The fourth-order valence-corrected chi connectivity index (χ4v) is 3.37. The van der Waals surface area contributed by atoms with Gasteiger partial charge < -0.3 is 16.2 Å². The number of aliphatic carboxylic acids is 1. The third kappa shape index (κ3) is 22.3. The number of nitrogens with one attached hydrogen (secondary N) is 1. The van der Waals surface area contributed by atoms with E-state index in [1.54, 1.807) is 0 Å². The van der Waals surface area contributed by atoms with Crippen LogP contribution >= 0.6 is 0 Å². The summed E-state index contributed by atoms with van der Waals surface area (Å²) in [6.45, 7) is 2.80. The zero-order valence-electron chi connectivity index (χ0n) is 19.8. The van der Waals surface area contributed by atoms with Gasteiger partial charge in [0.1, 0.15) is 6.04 Å². The summed E-state index contributed by atoms with van der Waals surface area (Å²) in [6, 6.07) is -0.780. The largest absolute Gasteiger partial charge is 0.480 e. The number of unbranched alkanes of at least 4 members (excludes halogenated alkanes) is 12. The summed E-state index contributed by atoms with van der Waals surface area (Å²) < 4.78 is 0. The van der Waals surface area contributed by atoms with Gasteiger partial charge in [-0.05, 0) is 57.9 Å². The Hall–Kier alpha value is -0.360. The molecule has 1 atom stereocenters. The van der Waals surface area contributed by atoms with Crippen LogP contribution in [-0.4, -0.2) is 59.1 Å². The molecule has 0 aliphatic carbocycles. The standard InChI is InChI=1S/C24H46N2O3.Na/c1-2-3-4-5-6-7-8-9-10-11-12-13-14-15-16-20-23(27)26-22(24(28)29)19-17-18-21-25;/h9-10,22H,2-8,11-21,25H2,1H3,(H,26,27)(H,28,29);/b10-9-;/t22-;/m1./s1. The molecule has 0 heterocycles. The molecular weight excluding hydrogens is 387 g/mol. The normalized spacial score (nSPS) is 11.9. The molecule has 0 saturated heterocycles. The maximum atomic E-state index is 11.9. The number of carbonyl (C=O) groups is 2. The molecule has 171 valence electrons. The van der Waals surface area contributed by atoms with E-state index in [1.165, 1.54) is 57.8 Å². The number of hydrogen-bond donors (Lipinski definition) is 3. The van der Waals surface area contributed by atoms with Crippen molar-refractivity contribution in [2.24, 2.45) is 5.73 Å². The summed E-state index contributed by atoms with van der Waals surface area (Å²) in [5.41, 5.74) is 5.42. The van der Waals surface area contributed by atoms with Crippen molar-refractivity contribution in [1.82, 2.24) is 5.32 Å². The predicted octanol–water partition coefficient (Wildman–Crippen LogP) is 5.34. The fourth-order valence-electron chi connectivity index (χ4n) is 3.37. The second-order valence-corrected chi connectivity index (χ2v) is 8.08. The number of hydrogen-bond acceptors (Lipinski definition) is 3. The van der Waals surface area contributed by atoms with Crippen molar-refractivity contribution < 1.29 is 14.7 Å². The molecule has 1 amide bonds. The van der Waals surface area contributed by atoms with E-state index < -0.39 is 12.0 Å². The van der Waals surface area contributed by atoms with E-state index in [4.69, 9.17) is 5.73 Å². The Balaban J connectivity index is 0. The number of amides is 1. The van der Waals surface area contributed by atoms with Gasteiger partial charge in [-0.1, -0.05) is 70.4 Å². The molecule has 0 unspecified atom stereocenters. The van der Waals surface area contributed by atoms with E-state index in [0.717, 1.165) is 38.5 Å². The van der Waals surface area contributed by atoms with Gasteiger partial charge in [0.2, 0.25) is 5.91 Å². The smallest absolute Gasteiger partial charge is 0.326 e. The predicted molar refractivity (Wildman–Crippen MR) is 128 cm³/mol. The van der Waals surface area contributed by atoms with E-state index in [0.29, 0.717) is 19.4 Å². The minimum Gasteiger partial charge on any atom is -0.480 e. The van der Waals surface area contributed by atoms with E-state index in [-0.39, 0.29) is 35.5 Å². The number of allylic oxidation sites excluding steroid dienone is 2. The fraction of sp³-hybridized carbons (Fsp3) is 0.833. The molecule has 0 spiro atoms. The molecule has 0 aliphatic heterocycles. The van der Waals surface area contributed by atoms with Gasteiger partial charge in [0.25, 0.3) is 0 Å². The molecule has 1 radical (unpaired) electrons. The van der Waals surface area contributed by atoms with Crippen molar-refractivity contribution in [2.45, 2.75) is 122 Å². The molecule has 0 saturated carbocycles. The van der Waals surface area contributed by atoms with Gasteiger partial charge in [0.15, 0.2) is 0 Å². The summed E-state index contributed by atoms with van der Waals surface area (Å²) >= 11 is 0. The quantitative estimate of drug-likeness (QED) is 0.129. The molecule has 0 aliphatic rings. The van der Waals surface area contributed by atoms with Crippen LogP contribution in [0.5, 0.6) is 0 Å². The van der Waals surface area contributed by atoms with Crippen molar-refractivity contribution in [3.05, 3.63) is 12.2 Å². The Morgan fingerprint density at radius 3 is 1.90 bits per heavy atom. The molecule has 0 fully saturated rings. The topological polar surface area (TPSA) is 92.4 Å². The average molecular weight is 434 g/mol. The summed E-state index contributed by atoms with van der Waals surface area (Å²) in [7, 11) is 0. The van der Waals surface area contributed by atoms with E-state index in [1.807, 2.05) is 0 Å². The first-order valence-corrected chi connectivity index (χ1v) is 12.0. The third-order valence-corrected chi connectivity index (χ3v) is 5.25. The van der Waals surface area contributed by atoms with Crippen molar-refractivity contribution in [1.29, 1.82) is 0 Å². The van der Waals surface area contributed by atoms with Crippen molar-refractivity contribution >= 4 is 41.4 Å². The second-order valence-electron chi connectivity index (χ2n) is 8.08. The Kier molecular flexibility index (Phi) is 26.4. The van der Waals surface area contributed by atoms with Crippen LogP contribution in [0.15, 0.2) is 12.2 Å². The van der Waals surface area contributed by atoms with Crippen LogP contribution in [0, 0.1) is 0 Å². The zero-order chi connectivity index (χ0) is 21.6. The molecule has 0 rings (SSSR count). The average Bonchev–Trinajstić information content (AvgIpc) is 2.70. The Bertz CT molecular complexity index is 431. The van der Waals surface area contributed by atoms with Gasteiger partial charge in [0, 0.05) is 36.0 Å². The minimum absolute atomic E-state index is 0. The number of carboxylic acid groups (broad SMARTS) is 1. The van der Waals surface area contributed by atoms with E-state index in [9.17, 15) is 14.7 Å². The van der Waals surface area contributed by atoms with Crippen LogP contribution in [0.1, 0.15) is 116 Å². The monoisotopic (exact) mass is 433 g/mol. The summed E-state index contributed by atoms with van der Waals surface area (Å²) in [4.78, 5) is 23.1. The minimum atomic E-state index is -0.958. The molecule has 0 aromatic rings. The van der Waals surface area contributed by atoms with Crippen molar-refractivity contribution in [3.8, 4) is 0 Å². The maximum Gasteiger partial charge on any atom is 0.326 e. The maximum absolute atomic E-state index is 11.9. The molecule has 0 aromatic carbocycles. The Labute approximate surface area is 207 Å². The van der Waals surface area contributed by atoms with E-state index in [2.05, 4.69) is 24.4 Å². The van der Waals surface area contributed by atoms with Gasteiger partial charge in [-0.15, -0.1) is 0 Å².